The number of amides is 2. The molecule has 0 aromatic heterocycles. The van der Waals surface area contributed by atoms with E-state index in [4.69, 9.17) is 5.41 Å². The Morgan fingerprint density at radius 1 is 1.70 bits per heavy atom. The lowest BCUT2D eigenvalue weighted by Crippen LogP contribution is -2.33. The van der Waals surface area contributed by atoms with Gasteiger partial charge in [0, 0.05) is 6.04 Å². The van der Waals surface area contributed by atoms with Crippen molar-refractivity contribution < 1.29 is 4.79 Å². The number of urea groups is 1. The lowest BCUT2D eigenvalue weighted by atomic mass is 10.3. The topological polar surface area (TPSA) is 56.2 Å². The first kappa shape index (κ1) is 7.05. The van der Waals surface area contributed by atoms with Crippen LogP contribution >= 0.6 is 0 Å². The Bertz CT molecular complexity index is 176. The highest BCUT2D eigenvalue weighted by Crippen LogP contribution is 2.03. The third-order valence-corrected chi connectivity index (χ3v) is 1.47. The highest BCUT2D eigenvalue weighted by molar-refractivity contribution is 6.03. The van der Waals surface area contributed by atoms with Crippen LogP contribution in [0.1, 0.15) is 13.8 Å². The predicted molar refractivity (Wildman–Crippen MR) is 38.1 cm³/mol. The Hall–Kier alpha value is -1.06. The maximum absolute atomic E-state index is 10.9. The molecule has 0 saturated carbocycles. The van der Waals surface area contributed by atoms with Crippen molar-refractivity contribution >= 4 is 11.9 Å². The van der Waals surface area contributed by atoms with Gasteiger partial charge in [0.05, 0.1) is 6.54 Å². The normalized spacial score (nSPS) is 18.5. The van der Waals surface area contributed by atoms with Gasteiger partial charge in [-0.05, 0) is 13.8 Å². The molecule has 2 N–H and O–H groups in total. The standard InChI is InChI=1S/C6H11N3O/c1-4(2)9-3-5(7)8-6(9)10/h4H,3H2,1-2H3,(H2,7,8,10). The van der Waals surface area contributed by atoms with Crippen LogP contribution in [0.5, 0.6) is 0 Å². The van der Waals surface area contributed by atoms with Crippen molar-refractivity contribution in [3.8, 4) is 0 Å². The molecule has 0 spiro atoms. The molecule has 0 radical (unpaired) electrons. The summed E-state index contributed by atoms with van der Waals surface area (Å²) in [5.74, 6) is 0.290. The van der Waals surface area contributed by atoms with Gasteiger partial charge in [-0.15, -0.1) is 0 Å². The van der Waals surface area contributed by atoms with E-state index in [2.05, 4.69) is 5.32 Å². The van der Waals surface area contributed by atoms with E-state index in [1.54, 1.807) is 4.90 Å². The van der Waals surface area contributed by atoms with Gasteiger partial charge in [-0.1, -0.05) is 0 Å². The van der Waals surface area contributed by atoms with Gasteiger partial charge >= 0.3 is 6.03 Å². The molecular formula is C6H11N3O. The Labute approximate surface area is 59.7 Å². The predicted octanol–water partition coefficient (Wildman–Crippen LogP) is 0.397. The minimum Gasteiger partial charge on any atom is -0.315 e. The Morgan fingerprint density at radius 3 is 2.50 bits per heavy atom. The van der Waals surface area contributed by atoms with Crippen LogP contribution in [0, 0.1) is 5.41 Å². The fraction of sp³-hybridized carbons (Fsp3) is 0.667. The van der Waals surface area contributed by atoms with Crippen LogP contribution in [0.4, 0.5) is 4.79 Å². The second-order valence-corrected chi connectivity index (χ2v) is 2.63. The second kappa shape index (κ2) is 2.28. The van der Waals surface area contributed by atoms with Crippen molar-refractivity contribution in [2.24, 2.45) is 0 Å². The minimum absolute atomic E-state index is 0.153. The number of rotatable bonds is 1. The van der Waals surface area contributed by atoms with Crippen molar-refractivity contribution in [3.63, 3.8) is 0 Å². The molecule has 1 saturated heterocycles. The van der Waals surface area contributed by atoms with Crippen LogP contribution in [0.25, 0.3) is 0 Å². The van der Waals surface area contributed by atoms with E-state index >= 15 is 0 Å². The summed E-state index contributed by atoms with van der Waals surface area (Å²) in [5, 5.41) is 9.55. The van der Waals surface area contributed by atoms with E-state index < -0.39 is 0 Å². The summed E-state index contributed by atoms with van der Waals surface area (Å²) in [6, 6.07) is 0.0304. The summed E-state index contributed by atoms with van der Waals surface area (Å²) >= 11 is 0. The molecule has 0 aromatic carbocycles. The first-order chi connectivity index (χ1) is 4.61. The van der Waals surface area contributed by atoms with E-state index in [1.165, 1.54) is 0 Å². The molecule has 4 nitrogen and oxygen atoms in total. The molecule has 1 aliphatic rings. The van der Waals surface area contributed by atoms with E-state index in [9.17, 15) is 4.79 Å². The van der Waals surface area contributed by atoms with E-state index in [0.29, 0.717) is 12.4 Å². The molecular weight excluding hydrogens is 130 g/mol. The van der Waals surface area contributed by atoms with Crippen LogP contribution in [-0.4, -0.2) is 29.4 Å². The Balaban J connectivity index is 2.63. The molecule has 1 aliphatic heterocycles. The zero-order chi connectivity index (χ0) is 7.72. The van der Waals surface area contributed by atoms with Crippen molar-refractivity contribution in [3.05, 3.63) is 0 Å². The average molecular weight is 141 g/mol. The van der Waals surface area contributed by atoms with Crippen LogP contribution in [-0.2, 0) is 0 Å². The average Bonchev–Trinajstić information content (AvgIpc) is 2.10. The third-order valence-electron chi connectivity index (χ3n) is 1.47. The molecule has 0 aliphatic carbocycles. The first-order valence-electron chi connectivity index (χ1n) is 3.26. The van der Waals surface area contributed by atoms with Gasteiger partial charge < -0.3 is 4.90 Å². The number of amidine groups is 1. The summed E-state index contributed by atoms with van der Waals surface area (Å²) in [7, 11) is 0. The fourth-order valence-electron chi connectivity index (χ4n) is 0.900. The lowest BCUT2D eigenvalue weighted by Gasteiger charge is -2.17. The maximum atomic E-state index is 10.9. The number of hydrogen-bond donors (Lipinski definition) is 2. The van der Waals surface area contributed by atoms with Crippen LogP contribution in [0.2, 0.25) is 0 Å². The van der Waals surface area contributed by atoms with Gasteiger partial charge in [-0.2, -0.15) is 0 Å². The summed E-state index contributed by atoms with van der Waals surface area (Å²) in [6.07, 6.45) is 0. The van der Waals surface area contributed by atoms with Crippen molar-refractivity contribution in [2.45, 2.75) is 19.9 Å². The van der Waals surface area contributed by atoms with Gasteiger partial charge in [0.15, 0.2) is 0 Å². The van der Waals surface area contributed by atoms with Crippen molar-refractivity contribution in [1.82, 2.24) is 10.2 Å². The number of nitrogens with one attached hydrogen (secondary N) is 2. The van der Waals surface area contributed by atoms with E-state index in [1.807, 2.05) is 13.8 Å². The van der Waals surface area contributed by atoms with Crippen molar-refractivity contribution in [1.29, 1.82) is 5.41 Å². The molecule has 4 heteroatoms. The molecule has 0 bridgehead atoms. The SMILES string of the molecule is CC(C)N1CC(=N)NC1=O. The molecule has 1 heterocycles. The molecule has 2 amide bonds. The molecule has 1 fully saturated rings. The molecule has 56 valence electrons. The zero-order valence-electron chi connectivity index (χ0n) is 6.14. The smallest absolute Gasteiger partial charge is 0.315 e. The lowest BCUT2D eigenvalue weighted by molar-refractivity contribution is 0.206. The Morgan fingerprint density at radius 2 is 2.30 bits per heavy atom. The van der Waals surface area contributed by atoms with Crippen molar-refractivity contribution in [2.75, 3.05) is 6.54 Å². The fourth-order valence-corrected chi connectivity index (χ4v) is 0.900. The third kappa shape index (κ3) is 1.10. The van der Waals surface area contributed by atoms with Crippen LogP contribution < -0.4 is 5.32 Å². The van der Waals surface area contributed by atoms with Gasteiger partial charge in [-0.25, -0.2) is 4.79 Å². The molecule has 1 rings (SSSR count). The van der Waals surface area contributed by atoms with Gasteiger partial charge in [0.1, 0.15) is 5.84 Å². The Kier molecular flexibility index (Phi) is 1.61. The van der Waals surface area contributed by atoms with E-state index in [0.717, 1.165) is 0 Å². The molecule has 0 atom stereocenters. The second-order valence-electron chi connectivity index (χ2n) is 2.63. The molecule has 0 unspecified atom stereocenters. The maximum Gasteiger partial charge on any atom is 0.323 e. The first-order valence-corrected chi connectivity index (χ1v) is 3.26. The van der Waals surface area contributed by atoms with Gasteiger partial charge in [0.2, 0.25) is 0 Å². The zero-order valence-corrected chi connectivity index (χ0v) is 6.14. The quantitative estimate of drug-likeness (QED) is 0.545. The number of carbonyl (C=O) groups is 1. The highest BCUT2D eigenvalue weighted by atomic mass is 16.2. The summed E-state index contributed by atoms with van der Waals surface area (Å²) in [5.41, 5.74) is 0. The number of nitrogens with zero attached hydrogens (tertiary/aromatic N) is 1. The summed E-state index contributed by atoms with van der Waals surface area (Å²) < 4.78 is 0. The van der Waals surface area contributed by atoms with Crippen LogP contribution in [0.3, 0.4) is 0 Å². The largest absolute Gasteiger partial charge is 0.323 e. The number of carbonyl (C=O) groups excluding carboxylic acids is 1. The number of hydrogen-bond acceptors (Lipinski definition) is 2. The summed E-state index contributed by atoms with van der Waals surface area (Å²) in [4.78, 5) is 12.5. The highest BCUT2D eigenvalue weighted by Gasteiger charge is 2.25. The summed E-state index contributed by atoms with van der Waals surface area (Å²) in [6.45, 7) is 4.28. The van der Waals surface area contributed by atoms with Gasteiger partial charge in [-0.3, -0.25) is 10.7 Å². The molecule has 10 heavy (non-hydrogen) atoms. The minimum atomic E-state index is -0.153. The van der Waals surface area contributed by atoms with Crippen LogP contribution in [0.15, 0.2) is 0 Å². The monoisotopic (exact) mass is 141 g/mol. The van der Waals surface area contributed by atoms with E-state index in [-0.39, 0.29) is 12.1 Å². The molecule has 0 aromatic rings. The van der Waals surface area contributed by atoms with Gasteiger partial charge in [0.25, 0.3) is 0 Å².